The summed E-state index contributed by atoms with van der Waals surface area (Å²) >= 11 is 0. The molecule has 1 aromatic carbocycles. The highest BCUT2D eigenvalue weighted by atomic mass is 16.5. The van der Waals surface area contributed by atoms with Crippen molar-refractivity contribution in [2.24, 2.45) is 0 Å². The lowest BCUT2D eigenvalue weighted by Gasteiger charge is -2.28. The summed E-state index contributed by atoms with van der Waals surface area (Å²) in [6, 6.07) is 4.06. The number of rotatable bonds is 4. The lowest BCUT2D eigenvalue weighted by atomic mass is 9.81. The third-order valence-corrected chi connectivity index (χ3v) is 3.32. The van der Waals surface area contributed by atoms with Crippen LogP contribution in [0.3, 0.4) is 0 Å². The van der Waals surface area contributed by atoms with Crippen LogP contribution in [0.25, 0.3) is 0 Å². The summed E-state index contributed by atoms with van der Waals surface area (Å²) in [5, 5.41) is 0. The van der Waals surface area contributed by atoms with Gasteiger partial charge < -0.3 is 9.47 Å². The van der Waals surface area contributed by atoms with Crippen LogP contribution in [0.2, 0.25) is 0 Å². The Labute approximate surface area is 135 Å². The van der Waals surface area contributed by atoms with Crippen LogP contribution in [-0.2, 0) is 10.8 Å². The maximum atomic E-state index is 5.78. The monoisotopic (exact) mass is 298 g/mol. The normalized spacial score (nSPS) is 11.5. The Kier molecular flexibility index (Phi) is 5.56. The van der Waals surface area contributed by atoms with Gasteiger partial charge in [0.25, 0.3) is 0 Å². The first-order valence-electron chi connectivity index (χ1n) is 7.42. The van der Waals surface area contributed by atoms with Gasteiger partial charge >= 0.3 is 0 Å². The quantitative estimate of drug-likeness (QED) is 0.771. The molecule has 1 rings (SSSR count). The standard InChI is InChI=1S/C20H26O2/c1-9-11-21-17-13-16(20(6,7)8)18(22-12-10-2)14-15(17)19(3,4)5/h1-2,13-14H,11-12H2,3-8H3. The minimum Gasteiger partial charge on any atom is -0.481 e. The van der Waals surface area contributed by atoms with Gasteiger partial charge in [0, 0.05) is 11.1 Å². The maximum Gasteiger partial charge on any atom is 0.148 e. The molecule has 0 amide bonds. The molecule has 0 bridgehead atoms. The number of terminal acetylenes is 2. The van der Waals surface area contributed by atoms with E-state index in [4.69, 9.17) is 22.3 Å². The SMILES string of the molecule is C#CCOc1cc(C(C)(C)C)c(OCC#C)cc1C(C)(C)C. The maximum absolute atomic E-state index is 5.78. The summed E-state index contributed by atoms with van der Waals surface area (Å²) in [4.78, 5) is 0. The van der Waals surface area contributed by atoms with Gasteiger partial charge in [0.15, 0.2) is 0 Å². The molecule has 2 nitrogen and oxygen atoms in total. The van der Waals surface area contributed by atoms with Crippen molar-refractivity contribution in [1.29, 1.82) is 0 Å². The van der Waals surface area contributed by atoms with Gasteiger partial charge in [0.2, 0.25) is 0 Å². The zero-order valence-electron chi connectivity index (χ0n) is 14.5. The van der Waals surface area contributed by atoms with E-state index in [1.807, 2.05) is 12.1 Å². The minimum atomic E-state index is -0.0887. The van der Waals surface area contributed by atoms with E-state index in [9.17, 15) is 0 Å². The van der Waals surface area contributed by atoms with Crippen LogP contribution in [0, 0.1) is 24.7 Å². The van der Waals surface area contributed by atoms with Crippen molar-refractivity contribution in [2.45, 2.75) is 52.4 Å². The molecule has 0 heterocycles. The third-order valence-electron chi connectivity index (χ3n) is 3.32. The fourth-order valence-corrected chi connectivity index (χ4v) is 2.21. The highest BCUT2D eigenvalue weighted by Crippen LogP contribution is 2.41. The number of ether oxygens (including phenoxy) is 2. The first kappa shape index (κ1) is 18.0. The summed E-state index contributed by atoms with van der Waals surface area (Å²) in [6.45, 7) is 13.3. The van der Waals surface area contributed by atoms with E-state index in [2.05, 4.69) is 53.4 Å². The van der Waals surface area contributed by atoms with Gasteiger partial charge in [-0.15, -0.1) is 12.8 Å². The largest absolute Gasteiger partial charge is 0.481 e. The van der Waals surface area contributed by atoms with Gasteiger partial charge in [0.05, 0.1) is 0 Å². The van der Waals surface area contributed by atoms with E-state index in [1.165, 1.54) is 0 Å². The molecule has 0 fully saturated rings. The summed E-state index contributed by atoms with van der Waals surface area (Å²) in [7, 11) is 0. The highest BCUT2D eigenvalue weighted by Gasteiger charge is 2.26. The highest BCUT2D eigenvalue weighted by molar-refractivity contribution is 5.52. The van der Waals surface area contributed by atoms with E-state index >= 15 is 0 Å². The van der Waals surface area contributed by atoms with Crippen molar-refractivity contribution in [3.05, 3.63) is 23.3 Å². The average molecular weight is 298 g/mol. The number of hydrogen-bond acceptors (Lipinski definition) is 2. The van der Waals surface area contributed by atoms with E-state index < -0.39 is 0 Å². The lowest BCUT2D eigenvalue weighted by molar-refractivity contribution is 0.340. The van der Waals surface area contributed by atoms with Gasteiger partial charge in [-0.2, -0.15) is 0 Å². The molecule has 0 aromatic heterocycles. The van der Waals surface area contributed by atoms with E-state index in [0.29, 0.717) is 0 Å². The zero-order valence-corrected chi connectivity index (χ0v) is 14.5. The van der Waals surface area contributed by atoms with Crippen molar-refractivity contribution in [2.75, 3.05) is 13.2 Å². The fraction of sp³-hybridized carbons (Fsp3) is 0.500. The number of hydrogen-bond donors (Lipinski definition) is 0. The molecule has 0 spiro atoms. The molecular weight excluding hydrogens is 272 g/mol. The molecule has 0 atom stereocenters. The molecule has 0 N–H and O–H groups in total. The molecule has 0 saturated heterocycles. The first-order chi connectivity index (χ1) is 10.1. The van der Waals surface area contributed by atoms with Gasteiger partial charge in [-0.25, -0.2) is 0 Å². The lowest BCUT2D eigenvalue weighted by Crippen LogP contribution is -2.18. The molecule has 0 aliphatic carbocycles. The molecule has 0 radical (unpaired) electrons. The van der Waals surface area contributed by atoms with Crippen LogP contribution in [0.1, 0.15) is 52.7 Å². The number of benzene rings is 1. The Morgan fingerprint density at radius 1 is 0.773 bits per heavy atom. The Balaban J connectivity index is 3.50. The van der Waals surface area contributed by atoms with Crippen LogP contribution in [0.4, 0.5) is 0 Å². The molecule has 118 valence electrons. The van der Waals surface area contributed by atoms with Crippen molar-refractivity contribution in [3.63, 3.8) is 0 Å². The summed E-state index contributed by atoms with van der Waals surface area (Å²) in [5.74, 6) is 6.66. The topological polar surface area (TPSA) is 18.5 Å². The fourth-order valence-electron chi connectivity index (χ4n) is 2.21. The first-order valence-corrected chi connectivity index (χ1v) is 7.42. The van der Waals surface area contributed by atoms with Gasteiger partial charge in [-0.1, -0.05) is 53.4 Å². The van der Waals surface area contributed by atoms with Gasteiger partial charge in [0.1, 0.15) is 24.7 Å². The van der Waals surface area contributed by atoms with Crippen LogP contribution < -0.4 is 9.47 Å². The molecule has 0 aliphatic heterocycles. The molecule has 1 aromatic rings. The molecule has 22 heavy (non-hydrogen) atoms. The van der Waals surface area contributed by atoms with Crippen molar-refractivity contribution in [1.82, 2.24) is 0 Å². The third kappa shape index (κ3) is 4.47. The van der Waals surface area contributed by atoms with Crippen LogP contribution >= 0.6 is 0 Å². The Morgan fingerprint density at radius 2 is 1.09 bits per heavy atom. The predicted octanol–water partition coefficient (Wildman–Crippen LogP) is 4.31. The van der Waals surface area contributed by atoms with Gasteiger partial charge in [-0.05, 0) is 23.0 Å². The van der Waals surface area contributed by atoms with Crippen molar-refractivity contribution < 1.29 is 9.47 Å². The summed E-state index contributed by atoms with van der Waals surface area (Å²) < 4.78 is 11.6. The van der Waals surface area contributed by atoms with Crippen molar-refractivity contribution in [3.8, 4) is 36.2 Å². The molecule has 0 aliphatic rings. The van der Waals surface area contributed by atoms with E-state index in [-0.39, 0.29) is 24.0 Å². The summed E-state index contributed by atoms with van der Waals surface area (Å²) in [6.07, 6.45) is 10.7. The van der Waals surface area contributed by atoms with Crippen molar-refractivity contribution >= 4 is 0 Å². The second-order valence-corrected chi connectivity index (χ2v) is 7.33. The van der Waals surface area contributed by atoms with Crippen LogP contribution in [0.15, 0.2) is 12.1 Å². The minimum absolute atomic E-state index is 0.0887. The van der Waals surface area contributed by atoms with Gasteiger partial charge in [-0.3, -0.25) is 0 Å². The Hall–Kier alpha value is -2.06. The second kappa shape index (κ2) is 6.80. The zero-order chi connectivity index (χ0) is 17.0. The molecule has 2 heteroatoms. The molecule has 0 saturated carbocycles. The molecular formula is C20H26O2. The smallest absolute Gasteiger partial charge is 0.148 e. The van der Waals surface area contributed by atoms with Crippen LogP contribution in [-0.4, -0.2) is 13.2 Å². The summed E-state index contributed by atoms with van der Waals surface area (Å²) in [5.41, 5.74) is 1.94. The van der Waals surface area contributed by atoms with E-state index in [1.54, 1.807) is 0 Å². The molecule has 0 unspecified atom stereocenters. The second-order valence-electron chi connectivity index (χ2n) is 7.33. The Morgan fingerprint density at radius 3 is 1.32 bits per heavy atom. The average Bonchev–Trinajstić information content (AvgIpc) is 2.40. The predicted molar refractivity (Wildman–Crippen MR) is 92.5 cm³/mol. The van der Waals surface area contributed by atoms with Crippen LogP contribution in [0.5, 0.6) is 11.5 Å². The van der Waals surface area contributed by atoms with E-state index in [0.717, 1.165) is 22.6 Å². The Bertz CT molecular complexity index is 543.